The second-order valence-electron chi connectivity index (χ2n) is 5.17. The zero-order valence-electron chi connectivity index (χ0n) is 13.4. The van der Waals surface area contributed by atoms with Crippen LogP contribution in [0, 0.1) is 5.82 Å². The van der Waals surface area contributed by atoms with Crippen LogP contribution < -0.4 is 5.32 Å². The van der Waals surface area contributed by atoms with Crippen LogP contribution in [0.5, 0.6) is 0 Å². The van der Waals surface area contributed by atoms with E-state index in [0.29, 0.717) is 22.6 Å². The normalized spacial score (nSPS) is 11.0. The number of hydrogen-bond donors (Lipinski definition) is 1. The molecule has 24 heavy (non-hydrogen) atoms. The van der Waals surface area contributed by atoms with Crippen LogP contribution in [0.2, 0.25) is 0 Å². The van der Waals surface area contributed by atoms with Gasteiger partial charge >= 0.3 is 0 Å². The minimum atomic E-state index is -0.409. The van der Waals surface area contributed by atoms with E-state index in [2.05, 4.69) is 28.4 Å². The molecule has 0 amide bonds. The molecule has 0 radical (unpaired) electrons. The highest BCUT2D eigenvalue weighted by Gasteiger charge is 2.08. The molecule has 0 bridgehead atoms. The number of halogens is 1. The van der Waals surface area contributed by atoms with Crippen molar-refractivity contribution < 1.29 is 9.18 Å². The summed E-state index contributed by atoms with van der Waals surface area (Å²) in [4.78, 5) is 19.5. The summed E-state index contributed by atoms with van der Waals surface area (Å²) in [5, 5.41) is 2.99. The number of Topliss-reactive ketones (excluding diaryl/α,β-unsaturated/α-hetero) is 1. The van der Waals surface area contributed by atoms with E-state index in [-0.39, 0.29) is 12.2 Å². The SMILES string of the molecule is C=C/C=C(\C=C)Nc1ncc(-c2ccc(CC(C)=O)c(F)c2)cn1. The van der Waals surface area contributed by atoms with Gasteiger partial charge in [-0.2, -0.15) is 0 Å². The fraction of sp³-hybridized carbons (Fsp3) is 0.105. The number of benzene rings is 1. The van der Waals surface area contributed by atoms with Crippen molar-refractivity contribution in [2.75, 3.05) is 5.32 Å². The maximum Gasteiger partial charge on any atom is 0.227 e. The third-order valence-corrected chi connectivity index (χ3v) is 3.25. The molecule has 0 saturated carbocycles. The van der Waals surface area contributed by atoms with E-state index in [0.717, 1.165) is 5.70 Å². The first-order valence-electron chi connectivity index (χ1n) is 7.36. The average molecular weight is 323 g/mol. The lowest BCUT2D eigenvalue weighted by molar-refractivity contribution is -0.116. The Hall–Kier alpha value is -3.08. The number of carbonyl (C=O) groups is 1. The largest absolute Gasteiger partial charge is 0.324 e. The summed E-state index contributed by atoms with van der Waals surface area (Å²) < 4.78 is 14.0. The van der Waals surface area contributed by atoms with Gasteiger partial charge in [-0.05, 0) is 36.3 Å². The molecule has 5 heteroatoms. The van der Waals surface area contributed by atoms with E-state index in [9.17, 15) is 9.18 Å². The number of ketones is 1. The molecule has 122 valence electrons. The Kier molecular flexibility index (Phi) is 5.73. The van der Waals surface area contributed by atoms with Gasteiger partial charge in [-0.25, -0.2) is 14.4 Å². The number of aromatic nitrogens is 2. The van der Waals surface area contributed by atoms with E-state index >= 15 is 0 Å². The lowest BCUT2D eigenvalue weighted by Crippen LogP contribution is -2.02. The molecule has 2 rings (SSSR count). The lowest BCUT2D eigenvalue weighted by Gasteiger charge is -2.07. The topological polar surface area (TPSA) is 54.9 Å². The Bertz CT molecular complexity index is 795. The Morgan fingerprint density at radius 2 is 1.96 bits per heavy atom. The fourth-order valence-corrected chi connectivity index (χ4v) is 2.10. The maximum atomic E-state index is 14.0. The van der Waals surface area contributed by atoms with Crippen LogP contribution in [0.4, 0.5) is 10.3 Å². The van der Waals surface area contributed by atoms with Gasteiger partial charge in [0.25, 0.3) is 0 Å². The molecule has 0 aliphatic heterocycles. The van der Waals surface area contributed by atoms with Gasteiger partial charge in [0.15, 0.2) is 0 Å². The van der Waals surface area contributed by atoms with Crippen LogP contribution in [-0.2, 0) is 11.2 Å². The van der Waals surface area contributed by atoms with Crippen LogP contribution in [0.25, 0.3) is 11.1 Å². The molecule has 1 N–H and O–H groups in total. The van der Waals surface area contributed by atoms with Gasteiger partial charge in [0.2, 0.25) is 5.95 Å². The Balaban J connectivity index is 2.20. The van der Waals surface area contributed by atoms with E-state index in [4.69, 9.17) is 0 Å². The van der Waals surface area contributed by atoms with Crippen molar-refractivity contribution >= 4 is 11.7 Å². The molecule has 0 fully saturated rings. The molecule has 2 aromatic rings. The Morgan fingerprint density at radius 3 is 2.50 bits per heavy atom. The van der Waals surface area contributed by atoms with Crippen molar-refractivity contribution in [3.05, 3.63) is 79.1 Å². The van der Waals surface area contributed by atoms with E-state index in [1.54, 1.807) is 42.8 Å². The minimum absolute atomic E-state index is 0.0778. The zero-order chi connectivity index (χ0) is 17.5. The van der Waals surface area contributed by atoms with Gasteiger partial charge in [-0.3, -0.25) is 4.79 Å². The van der Waals surface area contributed by atoms with Crippen molar-refractivity contribution in [1.82, 2.24) is 9.97 Å². The zero-order valence-corrected chi connectivity index (χ0v) is 13.4. The summed E-state index contributed by atoms with van der Waals surface area (Å²) in [6, 6.07) is 4.75. The molecule has 0 aliphatic rings. The highest BCUT2D eigenvalue weighted by atomic mass is 19.1. The Labute approximate surface area is 140 Å². The van der Waals surface area contributed by atoms with Crippen molar-refractivity contribution in [1.29, 1.82) is 0 Å². The van der Waals surface area contributed by atoms with Crippen molar-refractivity contribution in [2.45, 2.75) is 13.3 Å². The predicted octanol–water partition coefficient (Wildman–Crippen LogP) is 4.08. The number of nitrogens with one attached hydrogen (secondary N) is 1. The number of hydrogen-bond acceptors (Lipinski definition) is 4. The molecule has 0 spiro atoms. The Morgan fingerprint density at radius 1 is 1.25 bits per heavy atom. The highest BCUT2D eigenvalue weighted by molar-refractivity contribution is 5.78. The fourth-order valence-electron chi connectivity index (χ4n) is 2.10. The van der Waals surface area contributed by atoms with Crippen LogP contribution in [0.1, 0.15) is 12.5 Å². The number of anilines is 1. The number of rotatable bonds is 7. The molecular weight excluding hydrogens is 305 g/mol. The highest BCUT2D eigenvalue weighted by Crippen LogP contribution is 2.22. The van der Waals surface area contributed by atoms with E-state index in [1.807, 2.05) is 0 Å². The third kappa shape index (κ3) is 4.46. The average Bonchev–Trinajstić information content (AvgIpc) is 2.56. The number of allylic oxidation sites excluding steroid dienone is 3. The van der Waals surface area contributed by atoms with E-state index in [1.165, 1.54) is 13.0 Å². The van der Waals surface area contributed by atoms with E-state index < -0.39 is 5.82 Å². The summed E-state index contributed by atoms with van der Waals surface area (Å²) in [7, 11) is 0. The van der Waals surface area contributed by atoms with Crippen LogP contribution >= 0.6 is 0 Å². The van der Waals surface area contributed by atoms with Gasteiger partial charge in [-0.15, -0.1) is 0 Å². The quantitative estimate of drug-likeness (QED) is 0.780. The summed E-state index contributed by atoms with van der Waals surface area (Å²) in [5.41, 5.74) is 2.44. The van der Waals surface area contributed by atoms with Gasteiger partial charge < -0.3 is 5.32 Å². The van der Waals surface area contributed by atoms with Gasteiger partial charge in [0.05, 0.1) is 0 Å². The number of nitrogens with zero attached hydrogens (tertiary/aromatic N) is 2. The second-order valence-corrected chi connectivity index (χ2v) is 5.17. The summed E-state index contributed by atoms with van der Waals surface area (Å²) in [6.07, 6.45) is 8.29. The third-order valence-electron chi connectivity index (χ3n) is 3.25. The monoisotopic (exact) mass is 323 g/mol. The molecule has 0 unspecified atom stereocenters. The predicted molar refractivity (Wildman–Crippen MR) is 93.9 cm³/mol. The van der Waals surface area contributed by atoms with Crippen LogP contribution in [-0.4, -0.2) is 15.8 Å². The number of carbonyl (C=O) groups excluding carboxylic acids is 1. The van der Waals surface area contributed by atoms with Gasteiger partial charge in [0, 0.05) is 30.1 Å². The van der Waals surface area contributed by atoms with Crippen molar-refractivity contribution in [2.24, 2.45) is 0 Å². The standard InChI is InChI=1S/C19H18FN3O/c1-4-6-17(5-2)23-19-21-11-16(12-22-19)14-7-8-15(9-13(3)24)18(20)10-14/h4-8,10-12H,1-2,9H2,3H3,(H,21,22,23)/b17-6+. The first kappa shape index (κ1) is 17.3. The van der Waals surface area contributed by atoms with Crippen molar-refractivity contribution in [3.63, 3.8) is 0 Å². The second kappa shape index (κ2) is 7.97. The minimum Gasteiger partial charge on any atom is -0.324 e. The van der Waals surface area contributed by atoms with Crippen LogP contribution in [0.15, 0.2) is 67.7 Å². The van der Waals surface area contributed by atoms with Crippen LogP contribution in [0.3, 0.4) is 0 Å². The maximum absolute atomic E-state index is 14.0. The molecule has 4 nitrogen and oxygen atoms in total. The molecule has 1 aromatic carbocycles. The van der Waals surface area contributed by atoms with Gasteiger partial charge in [0.1, 0.15) is 11.6 Å². The molecule has 0 saturated heterocycles. The summed E-state index contributed by atoms with van der Waals surface area (Å²) >= 11 is 0. The summed E-state index contributed by atoms with van der Waals surface area (Å²) in [5.74, 6) is -0.0841. The smallest absolute Gasteiger partial charge is 0.227 e. The molecular formula is C19H18FN3O. The lowest BCUT2D eigenvalue weighted by atomic mass is 10.0. The molecule has 0 aliphatic carbocycles. The molecule has 1 heterocycles. The van der Waals surface area contributed by atoms with Gasteiger partial charge in [-0.1, -0.05) is 31.4 Å². The summed E-state index contributed by atoms with van der Waals surface area (Å²) in [6.45, 7) is 8.73. The molecule has 0 atom stereocenters. The molecule has 1 aromatic heterocycles. The first-order valence-corrected chi connectivity index (χ1v) is 7.36. The first-order chi connectivity index (χ1) is 11.5. The van der Waals surface area contributed by atoms with Crippen molar-refractivity contribution in [3.8, 4) is 11.1 Å².